The van der Waals surface area contributed by atoms with E-state index in [-0.39, 0.29) is 5.91 Å². The number of nitrogens with one attached hydrogen (secondary N) is 2. The summed E-state index contributed by atoms with van der Waals surface area (Å²) >= 11 is 0. The number of hydrogen-bond acceptors (Lipinski definition) is 4. The van der Waals surface area contributed by atoms with Crippen molar-refractivity contribution in [2.45, 2.75) is 0 Å². The highest BCUT2D eigenvalue weighted by atomic mass is 16.1. The Morgan fingerprint density at radius 2 is 2.20 bits per heavy atom. The van der Waals surface area contributed by atoms with Gasteiger partial charge in [-0.2, -0.15) is 0 Å². The van der Waals surface area contributed by atoms with E-state index in [4.69, 9.17) is 0 Å². The average molecular weight is 266 g/mol. The largest absolute Gasteiger partial charge is 0.368 e. The Labute approximate surface area is 116 Å². The van der Waals surface area contributed by atoms with Gasteiger partial charge in [-0.05, 0) is 24.3 Å². The van der Waals surface area contributed by atoms with Gasteiger partial charge in [-0.15, -0.1) is 0 Å². The highest BCUT2D eigenvalue weighted by Crippen LogP contribution is 2.13. The molecule has 2 aromatic rings. The van der Waals surface area contributed by atoms with Gasteiger partial charge in [0, 0.05) is 30.2 Å². The summed E-state index contributed by atoms with van der Waals surface area (Å²) in [6, 6.07) is 11.1. The summed E-state index contributed by atoms with van der Waals surface area (Å²) < 4.78 is 0. The summed E-state index contributed by atoms with van der Waals surface area (Å²) in [6.45, 7) is 1.66. The number of anilines is 1. The average Bonchev–Trinajstić information content (AvgIpc) is 3.03. The van der Waals surface area contributed by atoms with E-state index in [0.29, 0.717) is 5.56 Å². The molecule has 3 rings (SSSR count). The quantitative estimate of drug-likeness (QED) is 0.888. The van der Waals surface area contributed by atoms with Crippen LogP contribution in [-0.4, -0.2) is 29.8 Å². The minimum Gasteiger partial charge on any atom is -0.368 e. The van der Waals surface area contributed by atoms with Gasteiger partial charge in [-0.25, -0.2) is 0 Å². The highest BCUT2D eigenvalue weighted by Gasteiger charge is 2.10. The number of amides is 1. The third-order valence-electron chi connectivity index (χ3n) is 2.99. The molecule has 2 N–H and O–H groups in total. The van der Waals surface area contributed by atoms with Crippen molar-refractivity contribution in [3.8, 4) is 0 Å². The lowest BCUT2D eigenvalue weighted by Crippen LogP contribution is -2.19. The molecule has 0 radical (unpaired) electrons. The molecule has 5 nitrogen and oxygen atoms in total. The summed E-state index contributed by atoms with van der Waals surface area (Å²) in [5.41, 5.74) is 2.26. The summed E-state index contributed by atoms with van der Waals surface area (Å²) in [7, 11) is 0. The number of amidine groups is 1. The molecule has 1 aliphatic heterocycles. The number of aliphatic imine (C=N–C) groups is 1. The second-order valence-corrected chi connectivity index (χ2v) is 4.43. The molecule has 0 saturated carbocycles. The van der Waals surface area contributed by atoms with Gasteiger partial charge in [0.15, 0.2) is 0 Å². The van der Waals surface area contributed by atoms with E-state index < -0.39 is 0 Å². The normalized spacial score (nSPS) is 13.5. The molecule has 1 aromatic carbocycles. The third kappa shape index (κ3) is 2.66. The SMILES string of the molecule is O=C(Nc1cccc(C2=NCCN2)c1)c1cccnc1. The summed E-state index contributed by atoms with van der Waals surface area (Å²) in [5, 5.41) is 6.07. The molecule has 20 heavy (non-hydrogen) atoms. The van der Waals surface area contributed by atoms with Gasteiger partial charge in [0.05, 0.1) is 12.1 Å². The van der Waals surface area contributed by atoms with E-state index in [0.717, 1.165) is 30.2 Å². The molecule has 0 atom stereocenters. The molecule has 0 saturated heterocycles. The Morgan fingerprint density at radius 1 is 1.25 bits per heavy atom. The maximum absolute atomic E-state index is 12.0. The van der Waals surface area contributed by atoms with E-state index in [9.17, 15) is 4.79 Å². The number of pyridine rings is 1. The zero-order valence-electron chi connectivity index (χ0n) is 10.8. The maximum Gasteiger partial charge on any atom is 0.257 e. The molecular weight excluding hydrogens is 252 g/mol. The molecule has 1 aliphatic rings. The Hall–Kier alpha value is -2.69. The monoisotopic (exact) mass is 266 g/mol. The van der Waals surface area contributed by atoms with Crippen LogP contribution in [0.15, 0.2) is 53.8 Å². The van der Waals surface area contributed by atoms with E-state index in [2.05, 4.69) is 20.6 Å². The van der Waals surface area contributed by atoms with Gasteiger partial charge in [-0.1, -0.05) is 12.1 Å². The van der Waals surface area contributed by atoms with Gasteiger partial charge in [-0.3, -0.25) is 14.8 Å². The Kier molecular flexibility index (Phi) is 3.41. The lowest BCUT2D eigenvalue weighted by Gasteiger charge is -2.07. The molecule has 100 valence electrons. The smallest absolute Gasteiger partial charge is 0.257 e. The predicted octanol–water partition coefficient (Wildman–Crippen LogP) is 1.68. The molecule has 1 amide bonds. The molecule has 2 heterocycles. The summed E-state index contributed by atoms with van der Waals surface area (Å²) in [4.78, 5) is 20.4. The van der Waals surface area contributed by atoms with Crippen molar-refractivity contribution in [1.82, 2.24) is 10.3 Å². The van der Waals surface area contributed by atoms with Gasteiger partial charge in [0.2, 0.25) is 0 Å². The van der Waals surface area contributed by atoms with Crippen molar-refractivity contribution in [3.63, 3.8) is 0 Å². The zero-order valence-corrected chi connectivity index (χ0v) is 10.8. The summed E-state index contributed by atoms with van der Waals surface area (Å²) in [5.74, 6) is 0.707. The molecule has 0 bridgehead atoms. The van der Waals surface area contributed by atoms with E-state index in [1.165, 1.54) is 0 Å². The van der Waals surface area contributed by atoms with Crippen LogP contribution in [0.1, 0.15) is 15.9 Å². The molecular formula is C15H14N4O. The first-order valence-corrected chi connectivity index (χ1v) is 6.43. The number of benzene rings is 1. The number of hydrogen-bond donors (Lipinski definition) is 2. The van der Waals surface area contributed by atoms with Crippen LogP contribution in [0.5, 0.6) is 0 Å². The third-order valence-corrected chi connectivity index (χ3v) is 2.99. The van der Waals surface area contributed by atoms with Crippen LogP contribution in [0.25, 0.3) is 0 Å². The first kappa shape index (κ1) is 12.3. The molecule has 0 unspecified atom stereocenters. The Bertz CT molecular complexity index is 652. The second-order valence-electron chi connectivity index (χ2n) is 4.43. The fourth-order valence-electron chi connectivity index (χ4n) is 2.04. The van der Waals surface area contributed by atoms with Gasteiger partial charge < -0.3 is 10.6 Å². The molecule has 5 heteroatoms. The molecule has 1 aromatic heterocycles. The molecule has 0 aliphatic carbocycles. The lowest BCUT2D eigenvalue weighted by molar-refractivity contribution is 0.102. The fourth-order valence-corrected chi connectivity index (χ4v) is 2.04. The van der Waals surface area contributed by atoms with Gasteiger partial charge >= 0.3 is 0 Å². The van der Waals surface area contributed by atoms with Crippen molar-refractivity contribution in [2.24, 2.45) is 4.99 Å². The number of aromatic nitrogens is 1. The summed E-state index contributed by atoms with van der Waals surface area (Å²) in [6.07, 6.45) is 3.18. The Balaban J connectivity index is 1.78. The molecule has 0 fully saturated rings. The lowest BCUT2D eigenvalue weighted by atomic mass is 10.1. The van der Waals surface area contributed by atoms with Crippen LogP contribution in [-0.2, 0) is 0 Å². The van der Waals surface area contributed by atoms with Crippen LogP contribution < -0.4 is 10.6 Å². The van der Waals surface area contributed by atoms with Crippen LogP contribution >= 0.6 is 0 Å². The minimum atomic E-state index is -0.170. The number of carbonyl (C=O) groups is 1. The van der Waals surface area contributed by atoms with Gasteiger partial charge in [0.1, 0.15) is 5.84 Å². The topological polar surface area (TPSA) is 66.4 Å². The van der Waals surface area contributed by atoms with E-state index in [1.807, 2.05) is 24.3 Å². The number of carbonyl (C=O) groups excluding carboxylic acids is 1. The van der Waals surface area contributed by atoms with Crippen molar-refractivity contribution in [3.05, 3.63) is 59.9 Å². The fraction of sp³-hybridized carbons (Fsp3) is 0.133. The second kappa shape index (κ2) is 5.52. The Morgan fingerprint density at radius 3 is 2.95 bits per heavy atom. The first-order chi connectivity index (χ1) is 9.83. The standard InChI is InChI=1S/C15H14N4O/c20-15(12-4-2-6-16-10-12)19-13-5-1-3-11(9-13)14-17-7-8-18-14/h1-6,9-10H,7-8H2,(H,17,18)(H,19,20). The highest BCUT2D eigenvalue weighted by molar-refractivity contribution is 6.05. The number of nitrogens with zero attached hydrogens (tertiary/aromatic N) is 2. The number of rotatable bonds is 3. The molecule has 0 spiro atoms. The minimum absolute atomic E-state index is 0.170. The van der Waals surface area contributed by atoms with Gasteiger partial charge in [0.25, 0.3) is 5.91 Å². The van der Waals surface area contributed by atoms with Crippen molar-refractivity contribution in [2.75, 3.05) is 18.4 Å². The van der Waals surface area contributed by atoms with E-state index in [1.54, 1.807) is 24.5 Å². The predicted molar refractivity (Wildman–Crippen MR) is 78.0 cm³/mol. The van der Waals surface area contributed by atoms with Crippen molar-refractivity contribution in [1.29, 1.82) is 0 Å². The maximum atomic E-state index is 12.0. The first-order valence-electron chi connectivity index (χ1n) is 6.43. The van der Waals surface area contributed by atoms with E-state index >= 15 is 0 Å². The zero-order chi connectivity index (χ0) is 13.8. The van der Waals surface area contributed by atoms with Crippen LogP contribution in [0.3, 0.4) is 0 Å². The van der Waals surface area contributed by atoms with Crippen LogP contribution in [0.2, 0.25) is 0 Å². The van der Waals surface area contributed by atoms with Crippen LogP contribution in [0, 0.1) is 0 Å². The van der Waals surface area contributed by atoms with Crippen molar-refractivity contribution < 1.29 is 4.79 Å². The van der Waals surface area contributed by atoms with Crippen molar-refractivity contribution >= 4 is 17.4 Å². The van der Waals surface area contributed by atoms with Crippen LogP contribution in [0.4, 0.5) is 5.69 Å².